The van der Waals surface area contributed by atoms with Crippen LogP contribution in [0.25, 0.3) is 0 Å². The number of nitrogens with one attached hydrogen (secondary N) is 1. The van der Waals surface area contributed by atoms with Gasteiger partial charge in [0.2, 0.25) is 11.8 Å². The van der Waals surface area contributed by atoms with Gasteiger partial charge in [-0.25, -0.2) is 0 Å². The average molecular weight is 361 g/mol. The van der Waals surface area contributed by atoms with Crippen LogP contribution in [0.3, 0.4) is 0 Å². The van der Waals surface area contributed by atoms with Crippen LogP contribution in [-0.2, 0) is 22.6 Å². The van der Waals surface area contributed by atoms with Gasteiger partial charge in [0.15, 0.2) is 0 Å². The fourth-order valence-electron chi connectivity index (χ4n) is 4.12. The molecule has 1 aliphatic heterocycles. The summed E-state index contributed by atoms with van der Waals surface area (Å²) in [5.74, 6) is 1.58. The zero-order chi connectivity index (χ0) is 18.5. The Hall–Kier alpha value is -1.85. The fourth-order valence-corrected chi connectivity index (χ4v) is 4.12. The smallest absolute Gasteiger partial charge is 0.243 e. The highest BCUT2D eigenvalue weighted by Gasteiger charge is 2.37. The van der Waals surface area contributed by atoms with Gasteiger partial charge in [-0.05, 0) is 31.6 Å². The van der Waals surface area contributed by atoms with Crippen LogP contribution in [0.1, 0.15) is 70.2 Å². The third-order valence-corrected chi connectivity index (χ3v) is 5.45. The number of nitrogens with zero attached hydrogens (tertiary/aromatic N) is 2. The lowest BCUT2D eigenvalue weighted by Crippen LogP contribution is -2.48. The summed E-state index contributed by atoms with van der Waals surface area (Å²) in [6.07, 6.45) is 7.93. The molecule has 1 atom stereocenters. The van der Waals surface area contributed by atoms with Crippen molar-refractivity contribution in [2.24, 2.45) is 11.8 Å². The molecule has 1 saturated carbocycles. The van der Waals surface area contributed by atoms with Crippen LogP contribution >= 0.6 is 0 Å². The summed E-state index contributed by atoms with van der Waals surface area (Å²) in [6, 6.07) is 1.58. The quantitative estimate of drug-likeness (QED) is 0.845. The van der Waals surface area contributed by atoms with Gasteiger partial charge in [0.05, 0.1) is 6.54 Å². The fraction of sp³-hybridized carbons (Fsp3) is 0.750. The van der Waals surface area contributed by atoms with Crippen LogP contribution in [0.15, 0.2) is 10.6 Å². The molecule has 0 spiro atoms. The highest BCUT2D eigenvalue weighted by Crippen LogP contribution is 2.28. The van der Waals surface area contributed by atoms with E-state index in [2.05, 4.69) is 24.3 Å². The largest absolute Gasteiger partial charge is 0.361 e. The van der Waals surface area contributed by atoms with Crippen LogP contribution in [0.4, 0.5) is 0 Å². The number of rotatable bonds is 6. The van der Waals surface area contributed by atoms with Gasteiger partial charge < -0.3 is 14.7 Å². The van der Waals surface area contributed by atoms with E-state index in [1.54, 1.807) is 0 Å². The summed E-state index contributed by atoms with van der Waals surface area (Å²) >= 11 is 0. The van der Waals surface area contributed by atoms with Gasteiger partial charge in [-0.1, -0.05) is 38.3 Å². The van der Waals surface area contributed by atoms with E-state index in [0.29, 0.717) is 19.0 Å². The van der Waals surface area contributed by atoms with Crippen LogP contribution in [0, 0.1) is 11.8 Å². The van der Waals surface area contributed by atoms with Crippen molar-refractivity contribution in [1.82, 2.24) is 15.4 Å². The lowest BCUT2D eigenvalue weighted by molar-refractivity contribution is -0.142. The highest BCUT2D eigenvalue weighted by molar-refractivity contribution is 5.89. The van der Waals surface area contributed by atoms with Crippen LogP contribution in [-0.4, -0.2) is 34.5 Å². The molecule has 1 aromatic rings. The van der Waals surface area contributed by atoms with Gasteiger partial charge >= 0.3 is 0 Å². The maximum atomic E-state index is 12.8. The van der Waals surface area contributed by atoms with Gasteiger partial charge in [-0.15, -0.1) is 0 Å². The SMILES string of the molecule is CC(C)Cc1cc(CNC(=O)[C@@H]2CCCN2C(=O)C2CCCCC2)no1. The van der Waals surface area contributed by atoms with Crippen molar-refractivity contribution in [3.8, 4) is 0 Å². The number of carbonyl (C=O) groups is 2. The Morgan fingerprint density at radius 2 is 2.00 bits per heavy atom. The minimum atomic E-state index is -0.327. The van der Waals surface area contributed by atoms with E-state index in [1.165, 1.54) is 6.42 Å². The molecule has 0 bridgehead atoms. The second-order valence-electron chi connectivity index (χ2n) is 8.12. The number of carbonyl (C=O) groups excluding carboxylic acids is 2. The van der Waals surface area contributed by atoms with E-state index < -0.39 is 0 Å². The van der Waals surface area contributed by atoms with Crippen molar-refractivity contribution in [2.75, 3.05) is 6.54 Å². The normalized spacial score (nSPS) is 21.3. The first-order valence-corrected chi connectivity index (χ1v) is 10.1. The van der Waals surface area contributed by atoms with Gasteiger partial charge in [0, 0.05) is 24.9 Å². The van der Waals surface area contributed by atoms with Crippen molar-refractivity contribution in [3.63, 3.8) is 0 Å². The third-order valence-electron chi connectivity index (χ3n) is 5.45. The Kier molecular flexibility index (Phi) is 6.33. The zero-order valence-corrected chi connectivity index (χ0v) is 16.0. The van der Waals surface area contributed by atoms with Gasteiger partial charge in [-0.2, -0.15) is 0 Å². The predicted molar refractivity (Wildman–Crippen MR) is 98.2 cm³/mol. The Morgan fingerprint density at radius 1 is 1.23 bits per heavy atom. The van der Waals surface area contributed by atoms with Gasteiger partial charge in [0.25, 0.3) is 0 Å². The Balaban J connectivity index is 1.53. The minimum absolute atomic E-state index is 0.0694. The second-order valence-corrected chi connectivity index (χ2v) is 8.12. The average Bonchev–Trinajstić information content (AvgIpc) is 3.29. The number of hydrogen-bond acceptors (Lipinski definition) is 4. The maximum Gasteiger partial charge on any atom is 0.243 e. The molecule has 3 rings (SSSR count). The summed E-state index contributed by atoms with van der Waals surface area (Å²) in [5.41, 5.74) is 0.733. The van der Waals surface area contributed by atoms with E-state index >= 15 is 0 Å². The van der Waals surface area contributed by atoms with E-state index in [0.717, 1.165) is 56.4 Å². The zero-order valence-electron chi connectivity index (χ0n) is 16.0. The molecule has 1 aliphatic carbocycles. The van der Waals surface area contributed by atoms with Crippen molar-refractivity contribution in [3.05, 3.63) is 17.5 Å². The molecule has 2 heterocycles. The molecule has 1 aromatic heterocycles. The lowest BCUT2D eigenvalue weighted by atomic mass is 9.88. The van der Waals surface area contributed by atoms with E-state index in [9.17, 15) is 9.59 Å². The van der Waals surface area contributed by atoms with E-state index in [1.807, 2.05) is 11.0 Å². The van der Waals surface area contributed by atoms with Gasteiger partial charge in [0.1, 0.15) is 17.5 Å². The molecule has 144 valence electrons. The molecule has 1 saturated heterocycles. The second kappa shape index (κ2) is 8.69. The van der Waals surface area contributed by atoms with Crippen LogP contribution in [0.5, 0.6) is 0 Å². The predicted octanol–water partition coefficient (Wildman–Crippen LogP) is 3.06. The Morgan fingerprint density at radius 3 is 2.73 bits per heavy atom. The van der Waals surface area contributed by atoms with Gasteiger partial charge in [-0.3, -0.25) is 9.59 Å². The standard InChI is InChI=1S/C20H31N3O3/c1-14(2)11-17-12-16(22-26-17)13-21-19(24)18-9-6-10-23(18)20(25)15-7-4-3-5-8-15/h12,14-15,18H,3-11,13H2,1-2H3,(H,21,24)/t18-/m0/s1. The molecule has 2 aliphatic rings. The summed E-state index contributed by atoms with van der Waals surface area (Å²) in [7, 11) is 0. The van der Waals surface area contributed by atoms with Crippen molar-refractivity contribution in [1.29, 1.82) is 0 Å². The first-order chi connectivity index (χ1) is 12.5. The molecule has 2 amide bonds. The lowest BCUT2D eigenvalue weighted by Gasteiger charge is -2.30. The summed E-state index contributed by atoms with van der Waals surface area (Å²) < 4.78 is 5.31. The summed E-state index contributed by atoms with van der Waals surface area (Å²) in [6.45, 7) is 5.31. The summed E-state index contributed by atoms with van der Waals surface area (Å²) in [5, 5.41) is 6.97. The molecular formula is C20H31N3O3. The molecule has 0 unspecified atom stereocenters. The minimum Gasteiger partial charge on any atom is -0.361 e. The molecule has 0 radical (unpaired) electrons. The number of amides is 2. The maximum absolute atomic E-state index is 12.8. The molecule has 26 heavy (non-hydrogen) atoms. The molecule has 6 nitrogen and oxygen atoms in total. The highest BCUT2D eigenvalue weighted by atomic mass is 16.5. The third kappa shape index (κ3) is 4.65. The van der Waals surface area contributed by atoms with Crippen molar-refractivity contribution < 1.29 is 14.1 Å². The van der Waals surface area contributed by atoms with E-state index in [-0.39, 0.29) is 23.8 Å². The number of aromatic nitrogens is 1. The number of hydrogen-bond donors (Lipinski definition) is 1. The first-order valence-electron chi connectivity index (χ1n) is 10.1. The molecule has 6 heteroatoms. The Labute approximate surface area is 155 Å². The topological polar surface area (TPSA) is 75.4 Å². The molecule has 1 N–H and O–H groups in total. The Bertz CT molecular complexity index is 620. The van der Waals surface area contributed by atoms with Crippen molar-refractivity contribution >= 4 is 11.8 Å². The molecular weight excluding hydrogens is 330 g/mol. The van der Waals surface area contributed by atoms with Crippen LogP contribution in [0.2, 0.25) is 0 Å². The first kappa shape index (κ1) is 18.9. The van der Waals surface area contributed by atoms with Crippen molar-refractivity contribution in [2.45, 2.75) is 77.8 Å². The number of likely N-dealkylation sites (tertiary alicyclic amines) is 1. The molecule has 0 aromatic carbocycles. The van der Waals surface area contributed by atoms with Crippen LogP contribution < -0.4 is 5.32 Å². The van der Waals surface area contributed by atoms with E-state index in [4.69, 9.17) is 4.52 Å². The monoisotopic (exact) mass is 361 g/mol. The molecule has 2 fully saturated rings. The summed E-state index contributed by atoms with van der Waals surface area (Å²) in [4.78, 5) is 27.3.